The third-order valence-corrected chi connectivity index (χ3v) is 5.56. The lowest BCUT2D eigenvalue weighted by Crippen LogP contribution is -2.05. The van der Waals surface area contributed by atoms with Gasteiger partial charge in [-0.2, -0.15) is 0 Å². The van der Waals surface area contributed by atoms with Crippen LogP contribution in [0.5, 0.6) is 0 Å². The van der Waals surface area contributed by atoms with Crippen molar-refractivity contribution in [2.75, 3.05) is 5.75 Å². The first-order chi connectivity index (χ1) is 11.8. The Balaban J connectivity index is 1.51. The minimum absolute atomic E-state index is 0.175. The summed E-state index contributed by atoms with van der Waals surface area (Å²) in [6.07, 6.45) is 1.95. The van der Waals surface area contributed by atoms with Crippen molar-refractivity contribution in [2.45, 2.75) is 18.9 Å². The molecule has 1 heterocycles. The first-order valence-electron chi connectivity index (χ1n) is 8.23. The average molecular weight is 335 g/mol. The Labute approximate surface area is 145 Å². The van der Waals surface area contributed by atoms with Crippen molar-refractivity contribution in [2.24, 2.45) is 4.99 Å². The molecule has 1 nitrogen and oxygen atoms in total. The largest absolute Gasteiger partial charge is 0.274 e. The molecule has 24 heavy (non-hydrogen) atoms. The lowest BCUT2D eigenvalue weighted by atomic mass is 10.0. The van der Waals surface area contributed by atoms with E-state index in [9.17, 15) is 4.39 Å². The zero-order valence-corrected chi connectivity index (χ0v) is 14.1. The summed E-state index contributed by atoms with van der Waals surface area (Å²) >= 11 is 1.85. The Morgan fingerprint density at radius 3 is 2.62 bits per heavy atom. The zero-order valence-electron chi connectivity index (χ0n) is 13.3. The quantitative estimate of drug-likeness (QED) is 0.615. The molecule has 0 radical (unpaired) electrons. The second-order valence-electron chi connectivity index (χ2n) is 6.09. The van der Waals surface area contributed by atoms with Gasteiger partial charge in [0.25, 0.3) is 0 Å². The fourth-order valence-electron chi connectivity index (χ4n) is 3.11. The Morgan fingerprint density at radius 1 is 0.958 bits per heavy atom. The van der Waals surface area contributed by atoms with E-state index in [2.05, 4.69) is 42.5 Å². The molecule has 0 spiro atoms. The van der Waals surface area contributed by atoms with Crippen LogP contribution >= 0.6 is 11.8 Å². The molecule has 0 saturated carbocycles. The number of aryl methyl sites for hydroxylation is 1. The van der Waals surface area contributed by atoms with E-state index in [-0.39, 0.29) is 5.82 Å². The van der Waals surface area contributed by atoms with E-state index >= 15 is 0 Å². The van der Waals surface area contributed by atoms with Gasteiger partial charge in [-0.25, -0.2) is 4.39 Å². The van der Waals surface area contributed by atoms with Gasteiger partial charge in [0.1, 0.15) is 5.82 Å². The van der Waals surface area contributed by atoms with Crippen molar-refractivity contribution < 1.29 is 4.39 Å². The van der Waals surface area contributed by atoms with E-state index in [0.29, 0.717) is 6.04 Å². The molecule has 3 aromatic carbocycles. The van der Waals surface area contributed by atoms with E-state index in [1.165, 1.54) is 34.0 Å². The van der Waals surface area contributed by atoms with Crippen molar-refractivity contribution in [3.05, 3.63) is 83.7 Å². The minimum atomic E-state index is -0.175. The van der Waals surface area contributed by atoms with Crippen LogP contribution in [0.15, 0.2) is 71.7 Å². The van der Waals surface area contributed by atoms with Crippen molar-refractivity contribution in [3.8, 4) is 0 Å². The molecule has 0 amide bonds. The van der Waals surface area contributed by atoms with Gasteiger partial charge < -0.3 is 0 Å². The first-order valence-corrected chi connectivity index (χ1v) is 9.21. The van der Waals surface area contributed by atoms with Crippen LogP contribution in [0.4, 0.5) is 4.39 Å². The van der Waals surface area contributed by atoms with Crippen molar-refractivity contribution in [3.63, 3.8) is 0 Å². The van der Waals surface area contributed by atoms with Crippen LogP contribution in [0.2, 0.25) is 0 Å². The molecule has 120 valence electrons. The van der Waals surface area contributed by atoms with Crippen LogP contribution < -0.4 is 0 Å². The van der Waals surface area contributed by atoms with Gasteiger partial charge in [-0.05, 0) is 41.3 Å². The average Bonchev–Trinajstić information content (AvgIpc) is 3.09. The molecule has 3 aromatic rings. The van der Waals surface area contributed by atoms with Crippen LogP contribution in [0, 0.1) is 5.82 Å². The number of hydrogen-bond donors (Lipinski definition) is 0. The molecule has 4 rings (SSSR count). The van der Waals surface area contributed by atoms with Crippen LogP contribution in [-0.2, 0) is 6.42 Å². The molecule has 0 saturated heterocycles. The van der Waals surface area contributed by atoms with Gasteiger partial charge in [-0.3, -0.25) is 4.99 Å². The van der Waals surface area contributed by atoms with Crippen molar-refractivity contribution in [1.82, 2.24) is 0 Å². The number of nitrogens with zero attached hydrogens (tertiary/aromatic N) is 1. The smallest absolute Gasteiger partial charge is 0.123 e. The molecule has 1 atom stereocenters. The molecule has 0 aliphatic carbocycles. The third-order valence-electron chi connectivity index (χ3n) is 4.41. The first kappa shape index (κ1) is 15.4. The summed E-state index contributed by atoms with van der Waals surface area (Å²) in [6.45, 7) is 0. The van der Waals surface area contributed by atoms with E-state index in [0.717, 1.165) is 23.6 Å². The van der Waals surface area contributed by atoms with Crippen molar-refractivity contribution >= 4 is 27.6 Å². The van der Waals surface area contributed by atoms with E-state index in [1.807, 2.05) is 23.9 Å². The summed E-state index contributed by atoms with van der Waals surface area (Å²) in [6, 6.07) is 22.0. The standard InChI is InChI=1S/C21H18FNS/c22-17-11-8-15(9-12-17)10-13-18-14-24-21(23-18)20-7-3-5-16-4-1-2-6-19(16)20/h1-9,11-12,18H,10,13-14H2. The van der Waals surface area contributed by atoms with E-state index < -0.39 is 0 Å². The molecule has 1 unspecified atom stereocenters. The molecule has 0 N–H and O–H groups in total. The number of fused-ring (bicyclic) bond motifs is 1. The van der Waals surface area contributed by atoms with Gasteiger partial charge >= 0.3 is 0 Å². The lowest BCUT2D eigenvalue weighted by molar-refractivity contribution is 0.625. The van der Waals surface area contributed by atoms with E-state index in [4.69, 9.17) is 4.99 Å². The van der Waals surface area contributed by atoms with E-state index in [1.54, 1.807) is 0 Å². The van der Waals surface area contributed by atoms with Gasteiger partial charge in [0, 0.05) is 11.3 Å². The van der Waals surface area contributed by atoms with Gasteiger partial charge in [-0.15, -0.1) is 11.8 Å². The Morgan fingerprint density at radius 2 is 1.75 bits per heavy atom. The predicted octanol–water partition coefficient (Wildman–Crippen LogP) is 5.47. The topological polar surface area (TPSA) is 12.4 Å². The zero-order chi connectivity index (χ0) is 16.4. The predicted molar refractivity (Wildman–Crippen MR) is 101 cm³/mol. The molecule has 1 aliphatic heterocycles. The molecule has 0 fully saturated rings. The number of hydrogen-bond acceptors (Lipinski definition) is 2. The van der Waals surface area contributed by atoms with Crippen LogP contribution in [0.25, 0.3) is 10.8 Å². The van der Waals surface area contributed by atoms with Gasteiger partial charge in [0.2, 0.25) is 0 Å². The second-order valence-corrected chi connectivity index (χ2v) is 7.10. The van der Waals surface area contributed by atoms with Crippen LogP contribution in [-0.4, -0.2) is 16.8 Å². The fourth-order valence-corrected chi connectivity index (χ4v) is 4.26. The maximum Gasteiger partial charge on any atom is 0.123 e. The number of aliphatic imine (C=N–C) groups is 1. The molecule has 0 aromatic heterocycles. The van der Waals surface area contributed by atoms with Gasteiger partial charge in [0.15, 0.2) is 0 Å². The number of benzene rings is 3. The normalized spacial score (nSPS) is 17.2. The monoisotopic (exact) mass is 335 g/mol. The molecule has 1 aliphatic rings. The summed E-state index contributed by atoms with van der Waals surface area (Å²) < 4.78 is 13.0. The third kappa shape index (κ3) is 3.22. The summed E-state index contributed by atoms with van der Waals surface area (Å²) in [4.78, 5) is 4.95. The van der Waals surface area contributed by atoms with Crippen molar-refractivity contribution in [1.29, 1.82) is 0 Å². The highest BCUT2D eigenvalue weighted by Gasteiger charge is 2.20. The number of thioether (sulfide) groups is 1. The number of halogens is 1. The molecule has 3 heteroatoms. The maximum absolute atomic E-state index is 13.0. The lowest BCUT2D eigenvalue weighted by Gasteiger charge is -2.06. The summed E-state index contributed by atoms with van der Waals surface area (Å²) in [5.41, 5.74) is 2.41. The SMILES string of the molecule is Fc1ccc(CCC2CSC(c3cccc4ccccc34)=N2)cc1. The minimum Gasteiger partial charge on any atom is -0.274 e. The summed E-state index contributed by atoms with van der Waals surface area (Å²) in [7, 11) is 0. The molecule has 0 bridgehead atoms. The fraction of sp³-hybridized carbons (Fsp3) is 0.190. The molecular formula is C21H18FNS. The Kier molecular flexibility index (Phi) is 4.35. The molecular weight excluding hydrogens is 317 g/mol. The Bertz CT molecular complexity index is 880. The van der Waals surface area contributed by atoms with Crippen LogP contribution in [0.1, 0.15) is 17.5 Å². The van der Waals surface area contributed by atoms with Crippen LogP contribution in [0.3, 0.4) is 0 Å². The highest BCUT2D eigenvalue weighted by atomic mass is 32.2. The highest BCUT2D eigenvalue weighted by molar-refractivity contribution is 8.14. The summed E-state index contributed by atoms with van der Waals surface area (Å²) in [5, 5.41) is 3.68. The maximum atomic E-state index is 13.0. The second kappa shape index (κ2) is 6.78. The number of rotatable bonds is 4. The summed E-state index contributed by atoms with van der Waals surface area (Å²) in [5.74, 6) is 0.853. The Hall–Kier alpha value is -2.13. The highest BCUT2D eigenvalue weighted by Crippen LogP contribution is 2.30. The van der Waals surface area contributed by atoms with Gasteiger partial charge in [0.05, 0.1) is 11.1 Å². The van der Waals surface area contributed by atoms with Gasteiger partial charge in [-0.1, -0.05) is 54.6 Å².